The van der Waals surface area contributed by atoms with Crippen LogP contribution in [0.1, 0.15) is 24.8 Å². The highest BCUT2D eigenvalue weighted by Crippen LogP contribution is 2.28. The first-order chi connectivity index (χ1) is 8.66. The fraction of sp³-hybridized carbons (Fsp3) is 0.357. The van der Waals surface area contributed by atoms with Crippen LogP contribution in [0.2, 0.25) is 0 Å². The van der Waals surface area contributed by atoms with Gasteiger partial charge in [0.05, 0.1) is 5.97 Å². The predicted molar refractivity (Wildman–Crippen MR) is 74.2 cm³/mol. The van der Waals surface area contributed by atoms with Crippen molar-refractivity contribution in [2.24, 2.45) is 0 Å². The van der Waals surface area contributed by atoms with E-state index >= 15 is 0 Å². The van der Waals surface area contributed by atoms with E-state index in [0.29, 0.717) is 0 Å². The molecule has 0 amide bonds. The number of carbonyl (C=O) groups excluding carboxylic acids is 1. The Morgan fingerprint density at radius 2 is 2.00 bits per heavy atom. The maximum Gasteiger partial charge on any atom is 0.0643 e. The molecule has 18 heavy (non-hydrogen) atoms. The molecule has 1 heterocycles. The van der Waals surface area contributed by atoms with Gasteiger partial charge in [-0.1, -0.05) is 22.0 Å². The molecule has 0 spiro atoms. The normalized spacial score (nSPS) is 16.2. The molecular weight excluding hydrogens is 294 g/mol. The van der Waals surface area contributed by atoms with Crippen molar-refractivity contribution in [1.29, 1.82) is 0 Å². The number of anilines is 1. The lowest BCUT2D eigenvalue weighted by Gasteiger charge is -2.30. The van der Waals surface area contributed by atoms with Gasteiger partial charge >= 0.3 is 0 Å². The minimum absolute atomic E-state index is 0.912. The van der Waals surface area contributed by atoms with E-state index in [4.69, 9.17) is 0 Å². The molecule has 4 heteroatoms. The van der Waals surface area contributed by atoms with Gasteiger partial charge in [-0.15, -0.1) is 0 Å². The molecule has 1 aromatic rings. The lowest BCUT2D eigenvalue weighted by Crippen LogP contribution is -2.29. The average molecular weight is 309 g/mol. The third-order valence-corrected chi connectivity index (χ3v) is 3.58. The Bertz CT molecular complexity index is 465. The molecule has 0 N–H and O–H groups in total. The van der Waals surface area contributed by atoms with Gasteiger partial charge in [0, 0.05) is 23.2 Å². The van der Waals surface area contributed by atoms with Crippen molar-refractivity contribution in [1.82, 2.24) is 0 Å². The number of carboxylic acids is 1. The second-order valence-electron chi connectivity index (χ2n) is 4.40. The number of piperidine rings is 1. The summed E-state index contributed by atoms with van der Waals surface area (Å²) in [6, 6.07) is 5.95. The van der Waals surface area contributed by atoms with Crippen LogP contribution in [0.25, 0.3) is 6.08 Å². The fourth-order valence-electron chi connectivity index (χ4n) is 2.24. The Hall–Kier alpha value is -1.29. The van der Waals surface area contributed by atoms with E-state index in [1.54, 1.807) is 6.08 Å². The number of nitrogens with zero attached hydrogens (tertiary/aromatic N) is 1. The summed E-state index contributed by atoms with van der Waals surface area (Å²) in [5.74, 6) is -1.17. The maximum atomic E-state index is 10.5. The zero-order chi connectivity index (χ0) is 13.0. The van der Waals surface area contributed by atoms with Crippen LogP contribution in [0.15, 0.2) is 28.7 Å². The van der Waals surface area contributed by atoms with Crippen LogP contribution < -0.4 is 10.0 Å². The van der Waals surface area contributed by atoms with Gasteiger partial charge in [0.1, 0.15) is 0 Å². The van der Waals surface area contributed by atoms with Gasteiger partial charge in [-0.25, -0.2) is 0 Å². The second kappa shape index (κ2) is 6.05. The van der Waals surface area contributed by atoms with Crippen molar-refractivity contribution in [3.63, 3.8) is 0 Å². The summed E-state index contributed by atoms with van der Waals surface area (Å²) < 4.78 is 0.946. The zero-order valence-electron chi connectivity index (χ0n) is 10.1. The monoisotopic (exact) mass is 308 g/mol. The second-order valence-corrected chi connectivity index (χ2v) is 5.32. The summed E-state index contributed by atoms with van der Waals surface area (Å²) in [6.07, 6.45) is 6.34. The van der Waals surface area contributed by atoms with Gasteiger partial charge in [-0.05, 0) is 49.1 Å². The molecule has 2 rings (SSSR count). The van der Waals surface area contributed by atoms with Crippen molar-refractivity contribution in [3.05, 3.63) is 34.3 Å². The number of hydrogen-bond acceptors (Lipinski definition) is 3. The third kappa shape index (κ3) is 3.35. The lowest BCUT2D eigenvalue weighted by atomic mass is 10.1. The topological polar surface area (TPSA) is 43.4 Å². The van der Waals surface area contributed by atoms with Crippen LogP contribution >= 0.6 is 15.9 Å². The summed E-state index contributed by atoms with van der Waals surface area (Å²) in [5, 5.41) is 10.5. The van der Waals surface area contributed by atoms with Crippen LogP contribution in [0.4, 0.5) is 5.69 Å². The summed E-state index contributed by atoms with van der Waals surface area (Å²) in [5.41, 5.74) is 2.01. The molecule has 0 atom stereocenters. The predicted octanol–water partition coefficient (Wildman–Crippen LogP) is 2.20. The Morgan fingerprint density at radius 3 is 2.67 bits per heavy atom. The van der Waals surface area contributed by atoms with E-state index < -0.39 is 5.97 Å². The highest BCUT2D eigenvalue weighted by molar-refractivity contribution is 9.10. The smallest absolute Gasteiger partial charge is 0.0643 e. The standard InChI is InChI=1S/C14H16BrNO2/c15-12-5-6-13(16-8-2-1-3-9-16)11(10-12)4-7-14(17)18/h4-7,10H,1-3,8-9H2,(H,17,18)/p-1/b7-4+. The Balaban J connectivity index is 2.30. The first kappa shape index (κ1) is 13.1. The van der Waals surface area contributed by atoms with Crippen LogP contribution in [0.5, 0.6) is 0 Å². The number of aliphatic carboxylic acids is 1. The minimum atomic E-state index is -1.17. The number of carboxylic acid groups (broad SMARTS) is 1. The molecule has 0 aromatic heterocycles. The maximum absolute atomic E-state index is 10.5. The van der Waals surface area contributed by atoms with Gasteiger partial charge in [0.15, 0.2) is 0 Å². The minimum Gasteiger partial charge on any atom is -0.545 e. The van der Waals surface area contributed by atoms with E-state index in [-0.39, 0.29) is 0 Å². The number of benzene rings is 1. The van der Waals surface area contributed by atoms with E-state index in [0.717, 1.165) is 34.9 Å². The molecule has 96 valence electrons. The van der Waals surface area contributed by atoms with E-state index in [9.17, 15) is 9.90 Å². The average Bonchev–Trinajstić information content (AvgIpc) is 2.37. The number of hydrogen-bond donors (Lipinski definition) is 0. The zero-order valence-corrected chi connectivity index (χ0v) is 11.6. The van der Waals surface area contributed by atoms with Gasteiger partial charge in [0.25, 0.3) is 0 Å². The van der Waals surface area contributed by atoms with Crippen molar-refractivity contribution in [2.45, 2.75) is 19.3 Å². The highest BCUT2D eigenvalue weighted by Gasteiger charge is 2.13. The number of halogens is 1. The lowest BCUT2D eigenvalue weighted by molar-refractivity contribution is -0.297. The first-order valence-electron chi connectivity index (χ1n) is 6.10. The van der Waals surface area contributed by atoms with Crippen LogP contribution in [0, 0.1) is 0 Å². The van der Waals surface area contributed by atoms with Crippen molar-refractivity contribution in [2.75, 3.05) is 18.0 Å². The summed E-state index contributed by atoms with van der Waals surface area (Å²) in [6.45, 7) is 2.07. The van der Waals surface area contributed by atoms with Crippen LogP contribution in [0.3, 0.4) is 0 Å². The van der Waals surface area contributed by atoms with E-state index in [2.05, 4.69) is 20.8 Å². The van der Waals surface area contributed by atoms with Crippen LogP contribution in [-0.2, 0) is 4.79 Å². The summed E-state index contributed by atoms with van der Waals surface area (Å²) in [7, 11) is 0. The van der Waals surface area contributed by atoms with Crippen molar-refractivity contribution >= 4 is 33.7 Å². The Kier molecular flexibility index (Phi) is 4.42. The molecule has 0 saturated carbocycles. The summed E-state index contributed by atoms with van der Waals surface area (Å²) >= 11 is 3.41. The van der Waals surface area contributed by atoms with Gasteiger partial charge in [-0.3, -0.25) is 0 Å². The molecule has 0 unspecified atom stereocenters. The molecule has 0 bridgehead atoms. The molecule has 1 aliphatic rings. The van der Waals surface area contributed by atoms with Gasteiger partial charge in [0.2, 0.25) is 0 Å². The Morgan fingerprint density at radius 1 is 1.28 bits per heavy atom. The van der Waals surface area contributed by atoms with Crippen LogP contribution in [-0.4, -0.2) is 19.1 Å². The van der Waals surface area contributed by atoms with E-state index in [1.807, 2.05) is 18.2 Å². The molecule has 1 aliphatic heterocycles. The molecule has 1 saturated heterocycles. The van der Waals surface area contributed by atoms with Crippen molar-refractivity contribution < 1.29 is 9.90 Å². The number of carbonyl (C=O) groups is 1. The fourth-order valence-corrected chi connectivity index (χ4v) is 2.62. The summed E-state index contributed by atoms with van der Waals surface area (Å²) in [4.78, 5) is 12.8. The molecule has 1 aromatic carbocycles. The largest absolute Gasteiger partial charge is 0.545 e. The van der Waals surface area contributed by atoms with Gasteiger partial charge in [-0.2, -0.15) is 0 Å². The third-order valence-electron chi connectivity index (χ3n) is 3.09. The molecular formula is C14H15BrNO2-. The Labute approximate surface area is 115 Å². The SMILES string of the molecule is O=C([O-])/C=C/c1cc(Br)ccc1N1CCCCC1. The first-order valence-corrected chi connectivity index (χ1v) is 6.90. The number of rotatable bonds is 3. The van der Waals surface area contributed by atoms with Gasteiger partial charge < -0.3 is 14.8 Å². The molecule has 0 aliphatic carbocycles. The molecule has 3 nitrogen and oxygen atoms in total. The van der Waals surface area contributed by atoms with E-state index in [1.165, 1.54) is 19.3 Å². The van der Waals surface area contributed by atoms with Crippen molar-refractivity contribution in [3.8, 4) is 0 Å². The molecule has 1 fully saturated rings. The quantitative estimate of drug-likeness (QED) is 0.804. The highest BCUT2D eigenvalue weighted by atomic mass is 79.9. The molecule has 0 radical (unpaired) electrons.